The summed E-state index contributed by atoms with van der Waals surface area (Å²) in [5, 5.41) is 2.80. The molecular formula is C36H27N3O3. The fourth-order valence-corrected chi connectivity index (χ4v) is 6.20. The number of para-hydroxylation sites is 3. The molecular weight excluding hydrogens is 522 g/mol. The second kappa shape index (κ2) is 10.5. The van der Waals surface area contributed by atoms with Crippen LogP contribution >= 0.6 is 0 Å². The number of hydrogen-bond acceptors (Lipinski definition) is 3. The van der Waals surface area contributed by atoms with Gasteiger partial charge in [0.15, 0.2) is 18.9 Å². The van der Waals surface area contributed by atoms with Gasteiger partial charge in [0.25, 0.3) is 0 Å². The summed E-state index contributed by atoms with van der Waals surface area (Å²) in [6.45, 7) is 1.77. The van der Waals surface area contributed by atoms with E-state index in [-0.39, 0.29) is 0 Å². The molecule has 204 valence electrons. The standard InChI is InChI=1S/C36H27N3O3/c40-22-28-19-37(34-10-4-1-7-31(28)34)16-25-13-26(17-38-20-29(23-41)32-8-2-5-11-35(32)38)15-27(14-25)18-39-21-30(24-42)33-9-3-6-12-36(33)39/h1-15,19-24H,16-18H2. The Balaban J connectivity index is 1.33. The lowest BCUT2D eigenvalue weighted by molar-refractivity contribution is 0.111. The Morgan fingerprint density at radius 2 is 0.714 bits per heavy atom. The van der Waals surface area contributed by atoms with E-state index in [1.54, 1.807) is 0 Å². The van der Waals surface area contributed by atoms with Gasteiger partial charge in [-0.05, 0) is 34.9 Å². The average Bonchev–Trinajstić information content (AvgIpc) is 3.69. The lowest BCUT2D eigenvalue weighted by atomic mass is 10.0. The van der Waals surface area contributed by atoms with Gasteiger partial charge in [-0.25, -0.2) is 0 Å². The largest absolute Gasteiger partial charge is 0.342 e. The van der Waals surface area contributed by atoms with Crippen LogP contribution in [0.25, 0.3) is 32.7 Å². The monoisotopic (exact) mass is 549 g/mol. The summed E-state index contributed by atoms with van der Waals surface area (Å²) < 4.78 is 6.35. The summed E-state index contributed by atoms with van der Waals surface area (Å²) in [6.07, 6.45) is 8.46. The fraction of sp³-hybridized carbons (Fsp3) is 0.0833. The van der Waals surface area contributed by atoms with Crippen LogP contribution in [0.1, 0.15) is 47.8 Å². The van der Waals surface area contributed by atoms with Crippen molar-refractivity contribution in [1.82, 2.24) is 13.7 Å². The highest BCUT2D eigenvalue weighted by Gasteiger charge is 2.13. The molecule has 7 rings (SSSR count). The SMILES string of the molecule is O=Cc1cn(Cc2cc(Cn3cc(C=O)c4ccccc43)cc(Cn3cc(C=O)c4ccccc43)c2)c2ccccc12. The number of hydrogen-bond donors (Lipinski definition) is 0. The lowest BCUT2D eigenvalue weighted by Gasteiger charge is -2.14. The lowest BCUT2D eigenvalue weighted by Crippen LogP contribution is -2.06. The van der Waals surface area contributed by atoms with E-state index < -0.39 is 0 Å². The van der Waals surface area contributed by atoms with E-state index >= 15 is 0 Å². The zero-order chi connectivity index (χ0) is 28.6. The highest BCUT2D eigenvalue weighted by Crippen LogP contribution is 2.26. The van der Waals surface area contributed by atoms with Gasteiger partial charge in [0, 0.05) is 87.6 Å². The van der Waals surface area contributed by atoms with Crippen LogP contribution in [0.5, 0.6) is 0 Å². The average molecular weight is 550 g/mol. The molecule has 6 nitrogen and oxygen atoms in total. The second-order valence-corrected chi connectivity index (χ2v) is 10.7. The van der Waals surface area contributed by atoms with Gasteiger partial charge in [-0.1, -0.05) is 72.8 Å². The van der Waals surface area contributed by atoms with E-state index in [0.29, 0.717) is 36.3 Å². The van der Waals surface area contributed by atoms with Crippen molar-refractivity contribution in [2.24, 2.45) is 0 Å². The minimum Gasteiger partial charge on any atom is -0.342 e. The molecule has 4 aromatic carbocycles. The van der Waals surface area contributed by atoms with E-state index in [1.165, 1.54) is 0 Å². The first-order chi connectivity index (χ1) is 20.6. The van der Waals surface area contributed by atoms with E-state index in [4.69, 9.17) is 0 Å². The van der Waals surface area contributed by atoms with E-state index in [9.17, 15) is 14.4 Å². The van der Waals surface area contributed by atoms with Crippen molar-refractivity contribution in [3.05, 3.63) is 143 Å². The number of aldehydes is 3. The minimum atomic E-state index is 0.590. The molecule has 0 spiro atoms. The molecule has 0 N–H and O–H groups in total. The van der Waals surface area contributed by atoms with Crippen molar-refractivity contribution in [2.75, 3.05) is 0 Å². The fourth-order valence-electron chi connectivity index (χ4n) is 6.20. The molecule has 0 radical (unpaired) electrons. The first-order valence-electron chi connectivity index (χ1n) is 13.9. The number of carbonyl (C=O) groups is 3. The maximum Gasteiger partial charge on any atom is 0.152 e. The number of aromatic nitrogens is 3. The summed E-state index contributed by atoms with van der Waals surface area (Å²) in [4.78, 5) is 35.4. The van der Waals surface area contributed by atoms with Gasteiger partial charge in [0.05, 0.1) is 0 Å². The Hall–Kier alpha value is -5.49. The van der Waals surface area contributed by atoms with Gasteiger partial charge in [-0.3, -0.25) is 14.4 Å². The molecule has 0 bridgehead atoms. The molecule has 0 saturated carbocycles. The number of benzene rings is 4. The van der Waals surface area contributed by atoms with Crippen LogP contribution in [-0.4, -0.2) is 32.6 Å². The van der Waals surface area contributed by atoms with Gasteiger partial charge >= 0.3 is 0 Å². The van der Waals surface area contributed by atoms with Gasteiger partial charge in [0.1, 0.15) is 0 Å². The summed E-state index contributed by atoms with van der Waals surface area (Å²) >= 11 is 0. The molecule has 3 heterocycles. The molecule has 6 heteroatoms. The third kappa shape index (κ3) is 4.43. The highest BCUT2D eigenvalue weighted by atomic mass is 16.1. The summed E-state index contributed by atoms with van der Waals surface area (Å²) in [6, 6.07) is 30.4. The van der Waals surface area contributed by atoms with Crippen LogP contribution in [0, 0.1) is 0 Å². The molecule has 0 atom stereocenters. The van der Waals surface area contributed by atoms with Gasteiger partial charge in [0.2, 0.25) is 0 Å². The predicted octanol–water partition coefficient (Wildman–Crippen LogP) is 7.13. The topological polar surface area (TPSA) is 66.0 Å². The van der Waals surface area contributed by atoms with Crippen molar-refractivity contribution < 1.29 is 14.4 Å². The Bertz CT molecular complexity index is 1890. The quantitative estimate of drug-likeness (QED) is 0.180. The van der Waals surface area contributed by atoms with Gasteiger partial charge in [-0.2, -0.15) is 0 Å². The summed E-state index contributed by atoms with van der Waals surface area (Å²) in [7, 11) is 0. The van der Waals surface area contributed by atoms with E-state index in [2.05, 4.69) is 31.9 Å². The van der Waals surface area contributed by atoms with Crippen LogP contribution in [0.15, 0.2) is 110 Å². The normalized spacial score (nSPS) is 11.4. The maximum absolute atomic E-state index is 11.8. The first kappa shape index (κ1) is 25.5. The Kier molecular flexibility index (Phi) is 6.36. The molecule has 0 fully saturated rings. The van der Waals surface area contributed by atoms with Crippen LogP contribution in [0.3, 0.4) is 0 Å². The molecule has 0 aliphatic heterocycles. The Morgan fingerprint density at radius 3 is 1.00 bits per heavy atom. The molecule has 0 aliphatic rings. The smallest absolute Gasteiger partial charge is 0.152 e. The highest BCUT2D eigenvalue weighted by molar-refractivity contribution is 5.99. The molecule has 0 amide bonds. The van der Waals surface area contributed by atoms with E-state index in [1.807, 2.05) is 91.4 Å². The Morgan fingerprint density at radius 1 is 0.429 bits per heavy atom. The van der Waals surface area contributed by atoms with Crippen LogP contribution < -0.4 is 0 Å². The zero-order valence-electron chi connectivity index (χ0n) is 22.8. The molecule has 7 aromatic rings. The summed E-state index contributed by atoms with van der Waals surface area (Å²) in [5.41, 5.74) is 8.31. The maximum atomic E-state index is 11.8. The van der Waals surface area contributed by atoms with Crippen LogP contribution in [-0.2, 0) is 19.6 Å². The number of carbonyl (C=O) groups excluding carboxylic acids is 3. The van der Waals surface area contributed by atoms with E-state index in [0.717, 1.165) is 68.3 Å². The number of rotatable bonds is 9. The van der Waals surface area contributed by atoms with Gasteiger partial charge in [-0.15, -0.1) is 0 Å². The minimum absolute atomic E-state index is 0.590. The van der Waals surface area contributed by atoms with Crippen molar-refractivity contribution in [1.29, 1.82) is 0 Å². The van der Waals surface area contributed by atoms with Crippen LogP contribution in [0.4, 0.5) is 0 Å². The molecule has 0 aliphatic carbocycles. The van der Waals surface area contributed by atoms with Gasteiger partial charge < -0.3 is 13.7 Å². The van der Waals surface area contributed by atoms with Crippen molar-refractivity contribution >= 4 is 51.6 Å². The molecule has 0 saturated heterocycles. The molecule has 42 heavy (non-hydrogen) atoms. The van der Waals surface area contributed by atoms with Crippen molar-refractivity contribution in [2.45, 2.75) is 19.6 Å². The number of fused-ring (bicyclic) bond motifs is 3. The van der Waals surface area contributed by atoms with Crippen molar-refractivity contribution in [3.63, 3.8) is 0 Å². The van der Waals surface area contributed by atoms with Crippen LogP contribution in [0.2, 0.25) is 0 Å². The number of nitrogens with zero attached hydrogens (tertiary/aromatic N) is 3. The molecule has 0 unspecified atom stereocenters. The van der Waals surface area contributed by atoms with Crippen molar-refractivity contribution in [3.8, 4) is 0 Å². The third-order valence-electron chi connectivity index (χ3n) is 8.01. The zero-order valence-corrected chi connectivity index (χ0v) is 22.8. The second-order valence-electron chi connectivity index (χ2n) is 10.7. The molecule has 3 aromatic heterocycles. The predicted molar refractivity (Wildman–Crippen MR) is 166 cm³/mol. The summed E-state index contributed by atoms with van der Waals surface area (Å²) in [5.74, 6) is 0. The Labute approximate surface area is 242 Å². The first-order valence-corrected chi connectivity index (χ1v) is 13.9. The third-order valence-corrected chi connectivity index (χ3v) is 8.01.